The van der Waals surface area contributed by atoms with Crippen LogP contribution in [0, 0.1) is 0 Å². The fourth-order valence-electron chi connectivity index (χ4n) is 1.50. The summed E-state index contributed by atoms with van der Waals surface area (Å²) >= 11 is 5.89. The van der Waals surface area contributed by atoms with Crippen LogP contribution in [-0.2, 0) is 0 Å². The lowest BCUT2D eigenvalue weighted by Gasteiger charge is -2.15. The van der Waals surface area contributed by atoms with Crippen molar-refractivity contribution in [2.75, 3.05) is 6.54 Å². The molecule has 2 atom stereocenters. The molecule has 3 N–H and O–H groups in total. The number of benzene rings is 1. The topological polar surface area (TPSA) is 61.4 Å². The fraction of sp³-hybridized carbons (Fsp3) is 0.462. The summed E-state index contributed by atoms with van der Waals surface area (Å²) in [7, 11) is 0. The fourth-order valence-corrected chi connectivity index (χ4v) is 1.70. The first-order valence-electron chi connectivity index (χ1n) is 5.97. The van der Waals surface area contributed by atoms with E-state index in [0.717, 1.165) is 5.56 Å². The van der Waals surface area contributed by atoms with Crippen molar-refractivity contribution in [1.29, 1.82) is 0 Å². The maximum absolute atomic E-state index is 11.6. The molecule has 2 unspecified atom stereocenters. The lowest BCUT2D eigenvalue weighted by atomic mass is 10.1. The second kappa shape index (κ2) is 7.24. The monoisotopic (exact) mass is 270 g/mol. The molecule has 0 aromatic heterocycles. The molecule has 1 aromatic carbocycles. The van der Waals surface area contributed by atoms with Gasteiger partial charge < -0.3 is 15.7 Å². The maximum atomic E-state index is 11.6. The van der Waals surface area contributed by atoms with Crippen molar-refractivity contribution in [3.63, 3.8) is 0 Å². The molecule has 100 valence electrons. The van der Waals surface area contributed by atoms with Gasteiger partial charge >= 0.3 is 6.03 Å². The van der Waals surface area contributed by atoms with E-state index in [9.17, 15) is 4.79 Å². The van der Waals surface area contributed by atoms with Gasteiger partial charge in [0.05, 0.1) is 12.1 Å². The van der Waals surface area contributed by atoms with Crippen molar-refractivity contribution < 1.29 is 9.90 Å². The van der Waals surface area contributed by atoms with Gasteiger partial charge in [0, 0.05) is 11.6 Å². The normalized spacial score (nSPS) is 13.8. The SMILES string of the molecule is CC(O)CCNC(=O)NC(C)c1cccc(Cl)c1. The highest BCUT2D eigenvalue weighted by molar-refractivity contribution is 6.30. The molecular weight excluding hydrogens is 252 g/mol. The minimum absolute atomic E-state index is 0.116. The number of hydrogen-bond acceptors (Lipinski definition) is 2. The quantitative estimate of drug-likeness (QED) is 0.770. The molecule has 0 aliphatic carbocycles. The zero-order chi connectivity index (χ0) is 13.5. The molecule has 0 heterocycles. The van der Waals surface area contributed by atoms with Gasteiger partial charge in [-0.2, -0.15) is 0 Å². The van der Waals surface area contributed by atoms with E-state index in [-0.39, 0.29) is 12.1 Å². The van der Waals surface area contributed by atoms with Gasteiger partial charge in [0.15, 0.2) is 0 Å². The van der Waals surface area contributed by atoms with E-state index in [1.807, 2.05) is 25.1 Å². The molecule has 0 bridgehead atoms. The lowest BCUT2D eigenvalue weighted by Crippen LogP contribution is -2.38. The van der Waals surface area contributed by atoms with Crippen LogP contribution in [0.4, 0.5) is 4.79 Å². The smallest absolute Gasteiger partial charge is 0.315 e. The molecule has 0 aliphatic rings. The van der Waals surface area contributed by atoms with Crippen LogP contribution in [0.3, 0.4) is 0 Å². The van der Waals surface area contributed by atoms with E-state index >= 15 is 0 Å². The number of aliphatic hydroxyl groups excluding tert-OH is 1. The van der Waals surface area contributed by atoms with Crippen LogP contribution in [-0.4, -0.2) is 23.8 Å². The Labute approximate surface area is 112 Å². The molecule has 0 aliphatic heterocycles. The molecule has 0 saturated heterocycles. The van der Waals surface area contributed by atoms with Crippen molar-refractivity contribution in [1.82, 2.24) is 10.6 Å². The summed E-state index contributed by atoms with van der Waals surface area (Å²) < 4.78 is 0. The third kappa shape index (κ3) is 5.38. The summed E-state index contributed by atoms with van der Waals surface area (Å²) in [4.78, 5) is 11.6. The largest absolute Gasteiger partial charge is 0.393 e. The molecule has 18 heavy (non-hydrogen) atoms. The Morgan fingerprint density at radius 3 is 2.78 bits per heavy atom. The van der Waals surface area contributed by atoms with Crippen LogP contribution in [0.15, 0.2) is 24.3 Å². The standard InChI is InChI=1S/C13H19ClN2O2/c1-9(17)6-7-15-13(18)16-10(2)11-4-3-5-12(14)8-11/h3-5,8-10,17H,6-7H2,1-2H3,(H2,15,16,18). The lowest BCUT2D eigenvalue weighted by molar-refractivity contribution is 0.183. The summed E-state index contributed by atoms with van der Waals surface area (Å²) in [6, 6.07) is 7.01. The highest BCUT2D eigenvalue weighted by atomic mass is 35.5. The predicted molar refractivity (Wildman–Crippen MR) is 72.7 cm³/mol. The molecule has 1 aromatic rings. The van der Waals surface area contributed by atoms with Crippen LogP contribution in [0.25, 0.3) is 0 Å². The number of nitrogens with one attached hydrogen (secondary N) is 2. The Morgan fingerprint density at radius 1 is 1.44 bits per heavy atom. The van der Waals surface area contributed by atoms with Crippen molar-refractivity contribution >= 4 is 17.6 Å². The zero-order valence-electron chi connectivity index (χ0n) is 10.6. The van der Waals surface area contributed by atoms with Crippen LogP contribution < -0.4 is 10.6 Å². The van der Waals surface area contributed by atoms with Gasteiger partial charge in [-0.1, -0.05) is 23.7 Å². The second-order valence-corrected chi connectivity index (χ2v) is 4.75. The molecule has 0 saturated carbocycles. The second-order valence-electron chi connectivity index (χ2n) is 4.31. The number of urea groups is 1. The Hall–Kier alpha value is -1.26. The summed E-state index contributed by atoms with van der Waals surface area (Å²) in [6.45, 7) is 4.03. The highest BCUT2D eigenvalue weighted by Gasteiger charge is 2.09. The van der Waals surface area contributed by atoms with E-state index in [2.05, 4.69) is 10.6 Å². The summed E-state index contributed by atoms with van der Waals surface area (Å²) in [5, 5.41) is 15.2. The number of amides is 2. The van der Waals surface area contributed by atoms with E-state index < -0.39 is 6.10 Å². The zero-order valence-corrected chi connectivity index (χ0v) is 11.4. The molecule has 1 rings (SSSR count). The average molecular weight is 271 g/mol. The van der Waals surface area contributed by atoms with E-state index in [0.29, 0.717) is 18.0 Å². The molecule has 5 heteroatoms. The Morgan fingerprint density at radius 2 is 2.17 bits per heavy atom. The molecule has 0 spiro atoms. The number of rotatable bonds is 5. The maximum Gasteiger partial charge on any atom is 0.315 e. The third-order valence-electron chi connectivity index (χ3n) is 2.54. The molecule has 0 radical (unpaired) electrons. The van der Waals surface area contributed by atoms with E-state index in [1.54, 1.807) is 13.0 Å². The summed E-state index contributed by atoms with van der Waals surface area (Å²) in [5.74, 6) is 0. The van der Waals surface area contributed by atoms with Crippen molar-refractivity contribution in [2.24, 2.45) is 0 Å². The van der Waals surface area contributed by atoms with Crippen molar-refractivity contribution in [3.05, 3.63) is 34.9 Å². The van der Waals surface area contributed by atoms with Gasteiger partial charge in [-0.15, -0.1) is 0 Å². The first-order valence-corrected chi connectivity index (χ1v) is 6.34. The van der Waals surface area contributed by atoms with Crippen LogP contribution in [0.5, 0.6) is 0 Å². The minimum Gasteiger partial charge on any atom is -0.393 e. The van der Waals surface area contributed by atoms with Gasteiger partial charge in [0.25, 0.3) is 0 Å². The number of carbonyl (C=O) groups excluding carboxylic acids is 1. The molecule has 0 fully saturated rings. The Bertz CT molecular complexity index is 396. The number of aliphatic hydroxyl groups is 1. The van der Waals surface area contributed by atoms with Gasteiger partial charge in [-0.25, -0.2) is 4.79 Å². The van der Waals surface area contributed by atoms with Crippen molar-refractivity contribution in [3.8, 4) is 0 Å². The van der Waals surface area contributed by atoms with Crippen LogP contribution in [0.1, 0.15) is 31.9 Å². The molecule has 4 nitrogen and oxygen atoms in total. The number of halogens is 1. The van der Waals surface area contributed by atoms with Gasteiger partial charge in [-0.05, 0) is 38.0 Å². The van der Waals surface area contributed by atoms with Gasteiger partial charge in [0.2, 0.25) is 0 Å². The van der Waals surface area contributed by atoms with Gasteiger partial charge in [-0.3, -0.25) is 0 Å². The first-order chi connectivity index (χ1) is 8.49. The van der Waals surface area contributed by atoms with E-state index in [1.165, 1.54) is 0 Å². The highest BCUT2D eigenvalue weighted by Crippen LogP contribution is 2.16. The molecular formula is C13H19ClN2O2. The summed E-state index contributed by atoms with van der Waals surface area (Å²) in [5.41, 5.74) is 0.952. The summed E-state index contributed by atoms with van der Waals surface area (Å²) in [6.07, 6.45) is 0.134. The third-order valence-corrected chi connectivity index (χ3v) is 2.78. The minimum atomic E-state index is -0.407. The average Bonchev–Trinajstić information content (AvgIpc) is 2.28. The number of carbonyl (C=O) groups is 1. The molecule has 2 amide bonds. The predicted octanol–water partition coefficient (Wildman–Crippen LogP) is 2.47. The number of hydrogen-bond donors (Lipinski definition) is 3. The Kier molecular flexibility index (Phi) is 5.95. The first kappa shape index (κ1) is 14.8. The van der Waals surface area contributed by atoms with Gasteiger partial charge in [0.1, 0.15) is 0 Å². The Balaban J connectivity index is 2.40. The van der Waals surface area contributed by atoms with Crippen LogP contribution in [0.2, 0.25) is 5.02 Å². The van der Waals surface area contributed by atoms with Crippen molar-refractivity contribution in [2.45, 2.75) is 32.4 Å². The van der Waals surface area contributed by atoms with Crippen LogP contribution >= 0.6 is 11.6 Å². The van der Waals surface area contributed by atoms with E-state index in [4.69, 9.17) is 16.7 Å².